The topological polar surface area (TPSA) is 29.3 Å². The highest BCUT2D eigenvalue weighted by Gasteiger charge is 2.25. The molecule has 1 aliphatic heterocycles. The van der Waals surface area contributed by atoms with E-state index in [4.69, 9.17) is 17.3 Å². The standard InChI is InChI=1S/C16H24ClFN2/c1-2-3-12-4-6-20(7-5-12)16(11-19)13-8-14(17)10-15(18)9-13/h8-10,12,16H,2-7,11,19H2,1H3. The van der Waals surface area contributed by atoms with Crippen molar-refractivity contribution in [1.29, 1.82) is 0 Å². The summed E-state index contributed by atoms with van der Waals surface area (Å²) in [4.78, 5) is 2.37. The molecule has 0 amide bonds. The molecular weight excluding hydrogens is 275 g/mol. The van der Waals surface area contributed by atoms with E-state index in [1.54, 1.807) is 6.07 Å². The number of nitrogens with zero attached hydrogens (tertiary/aromatic N) is 1. The van der Waals surface area contributed by atoms with E-state index >= 15 is 0 Å². The Balaban J connectivity index is 2.05. The average Bonchev–Trinajstić information content (AvgIpc) is 2.41. The SMILES string of the molecule is CCCC1CCN(C(CN)c2cc(F)cc(Cl)c2)CC1. The minimum atomic E-state index is -0.285. The van der Waals surface area contributed by atoms with Gasteiger partial charge in [0.05, 0.1) is 0 Å². The number of likely N-dealkylation sites (tertiary alicyclic amines) is 1. The molecule has 1 atom stereocenters. The van der Waals surface area contributed by atoms with Crippen LogP contribution < -0.4 is 5.73 Å². The van der Waals surface area contributed by atoms with Gasteiger partial charge >= 0.3 is 0 Å². The Morgan fingerprint density at radius 2 is 2.05 bits per heavy atom. The van der Waals surface area contributed by atoms with Gasteiger partial charge in [-0.25, -0.2) is 4.39 Å². The van der Waals surface area contributed by atoms with E-state index in [0.717, 1.165) is 24.6 Å². The minimum Gasteiger partial charge on any atom is -0.329 e. The molecule has 20 heavy (non-hydrogen) atoms. The number of benzene rings is 1. The molecule has 1 aromatic rings. The Bertz CT molecular complexity index is 410. The summed E-state index contributed by atoms with van der Waals surface area (Å²) >= 11 is 5.96. The maximum atomic E-state index is 13.5. The summed E-state index contributed by atoms with van der Waals surface area (Å²) in [5.74, 6) is 0.553. The molecule has 0 saturated carbocycles. The van der Waals surface area contributed by atoms with Crippen molar-refractivity contribution in [2.75, 3.05) is 19.6 Å². The third kappa shape index (κ3) is 3.94. The smallest absolute Gasteiger partial charge is 0.125 e. The van der Waals surface area contributed by atoms with Crippen molar-refractivity contribution in [3.05, 3.63) is 34.6 Å². The van der Waals surface area contributed by atoms with E-state index in [2.05, 4.69) is 11.8 Å². The molecule has 0 spiro atoms. The van der Waals surface area contributed by atoms with E-state index in [1.165, 1.54) is 31.7 Å². The predicted molar refractivity (Wildman–Crippen MR) is 82.4 cm³/mol. The lowest BCUT2D eigenvalue weighted by Crippen LogP contribution is -2.39. The van der Waals surface area contributed by atoms with Gasteiger partial charge in [-0.2, -0.15) is 0 Å². The second kappa shape index (κ2) is 7.39. The van der Waals surface area contributed by atoms with Gasteiger partial charge in [-0.1, -0.05) is 31.4 Å². The van der Waals surface area contributed by atoms with Crippen LogP contribution in [0.4, 0.5) is 4.39 Å². The Hall–Kier alpha value is -0.640. The molecule has 112 valence electrons. The van der Waals surface area contributed by atoms with E-state index in [1.807, 2.05) is 6.07 Å². The first-order valence-electron chi connectivity index (χ1n) is 7.54. The van der Waals surface area contributed by atoms with Crippen molar-refractivity contribution >= 4 is 11.6 Å². The number of halogens is 2. The van der Waals surface area contributed by atoms with Crippen LogP contribution in [0.5, 0.6) is 0 Å². The molecule has 0 aromatic heterocycles. The van der Waals surface area contributed by atoms with Gasteiger partial charge in [0.25, 0.3) is 0 Å². The Kier molecular flexibility index (Phi) is 5.82. The Morgan fingerprint density at radius 1 is 1.35 bits per heavy atom. The van der Waals surface area contributed by atoms with E-state index in [0.29, 0.717) is 11.6 Å². The van der Waals surface area contributed by atoms with Crippen molar-refractivity contribution in [3.63, 3.8) is 0 Å². The fraction of sp³-hybridized carbons (Fsp3) is 0.625. The molecule has 0 aliphatic carbocycles. The second-order valence-electron chi connectivity index (χ2n) is 5.72. The zero-order chi connectivity index (χ0) is 14.5. The molecule has 1 fully saturated rings. The molecule has 1 unspecified atom stereocenters. The van der Waals surface area contributed by atoms with Crippen LogP contribution in [0.2, 0.25) is 5.02 Å². The highest BCUT2D eigenvalue weighted by Crippen LogP contribution is 2.29. The number of rotatable bonds is 5. The quantitative estimate of drug-likeness (QED) is 0.890. The number of nitrogens with two attached hydrogens (primary N) is 1. The Morgan fingerprint density at radius 3 is 2.60 bits per heavy atom. The normalized spacial score (nSPS) is 19.2. The van der Waals surface area contributed by atoms with Crippen molar-refractivity contribution in [2.45, 2.75) is 38.6 Å². The maximum absolute atomic E-state index is 13.5. The van der Waals surface area contributed by atoms with E-state index in [-0.39, 0.29) is 11.9 Å². The molecular formula is C16H24ClFN2. The van der Waals surface area contributed by atoms with Crippen LogP contribution in [-0.4, -0.2) is 24.5 Å². The number of piperidine rings is 1. The van der Waals surface area contributed by atoms with Gasteiger partial charge in [-0.05, 0) is 55.6 Å². The summed E-state index contributed by atoms with van der Waals surface area (Å²) < 4.78 is 13.5. The van der Waals surface area contributed by atoms with Crippen LogP contribution in [0.25, 0.3) is 0 Å². The third-order valence-electron chi connectivity index (χ3n) is 4.28. The molecule has 1 saturated heterocycles. The molecule has 2 N–H and O–H groups in total. The van der Waals surface area contributed by atoms with Gasteiger partial charge in [-0.3, -0.25) is 4.90 Å². The highest BCUT2D eigenvalue weighted by molar-refractivity contribution is 6.30. The van der Waals surface area contributed by atoms with E-state index in [9.17, 15) is 4.39 Å². The second-order valence-corrected chi connectivity index (χ2v) is 6.16. The monoisotopic (exact) mass is 298 g/mol. The molecule has 1 aromatic carbocycles. The molecule has 1 heterocycles. The van der Waals surface area contributed by atoms with Crippen molar-refractivity contribution < 1.29 is 4.39 Å². The summed E-state index contributed by atoms with van der Waals surface area (Å²) in [5, 5.41) is 0.444. The van der Waals surface area contributed by atoms with Crippen LogP contribution >= 0.6 is 11.6 Å². The molecule has 4 heteroatoms. The zero-order valence-corrected chi connectivity index (χ0v) is 12.9. The van der Waals surface area contributed by atoms with Gasteiger partial charge in [0.2, 0.25) is 0 Å². The van der Waals surface area contributed by atoms with Crippen molar-refractivity contribution in [1.82, 2.24) is 4.90 Å². The van der Waals surface area contributed by atoms with Crippen LogP contribution in [0.3, 0.4) is 0 Å². The Labute approximate surface area is 126 Å². The summed E-state index contributed by atoms with van der Waals surface area (Å²) in [6.45, 7) is 4.82. The predicted octanol–water partition coefficient (Wildman–Crippen LogP) is 3.99. The van der Waals surface area contributed by atoms with E-state index < -0.39 is 0 Å². The molecule has 2 rings (SSSR count). The summed E-state index contributed by atoms with van der Waals surface area (Å²) in [5.41, 5.74) is 6.82. The number of hydrogen-bond donors (Lipinski definition) is 1. The van der Waals surface area contributed by atoms with Gasteiger partial charge < -0.3 is 5.73 Å². The van der Waals surface area contributed by atoms with Crippen LogP contribution in [0, 0.1) is 11.7 Å². The van der Waals surface area contributed by atoms with Crippen molar-refractivity contribution in [3.8, 4) is 0 Å². The lowest BCUT2D eigenvalue weighted by Gasteiger charge is -2.37. The summed E-state index contributed by atoms with van der Waals surface area (Å²) in [7, 11) is 0. The minimum absolute atomic E-state index is 0.0748. The van der Waals surface area contributed by atoms with Gasteiger partial charge in [0.15, 0.2) is 0 Å². The first-order valence-corrected chi connectivity index (χ1v) is 7.92. The maximum Gasteiger partial charge on any atom is 0.125 e. The van der Waals surface area contributed by atoms with Crippen LogP contribution in [-0.2, 0) is 0 Å². The lowest BCUT2D eigenvalue weighted by molar-refractivity contribution is 0.131. The molecule has 0 bridgehead atoms. The fourth-order valence-electron chi connectivity index (χ4n) is 3.23. The largest absolute Gasteiger partial charge is 0.329 e. The third-order valence-corrected chi connectivity index (χ3v) is 4.50. The van der Waals surface area contributed by atoms with Crippen molar-refractivity contribution in [2.24, 2.45) is 11.7 Å². The highest BCUT2D eigenvalue weighted by atomic mass is 35.5. The number of hydrogen-bond acceptors (Lipinski definition) is 2. The molecule has 2 nitrogen and oxygen atoms in total. The van der Waals surface area contributed by atoms with Crippen LogP contribution in [0.1, 0.15) is 44.2 Å². The van der Waals surface area contributed by atoms with Gasteiger partial charge in [0.1, 0.15) is 5.82 Å². The molecule has 0 radical (unpaired) electrons. The first kappa shape index (κ1) is 15.7. The van der Waals surface area contributed by atoms with Crippen LogP contribution in [0.15, 0.2) is 18.2 Å². The summed E-state index contributed by atoms with van der Waals surface area (Å²) in [6, 6.07) is 4.80. The molecule has 1 aliphatic rings. The first-order chi connectivity index (χ1) is 9.63. The lowest BCUT2D eigenvalue weighted by atomic mass is 9.91. The average molecular weight is 299 g/mol. The van der Waals surface area contributed by atoms with Gasteiger partial charge in [0, 0.05) is 17.6 Å². The fourth-order valence-corrected chi connectivity index (χ4v) is 3.46. The zero-order valence-electron chi connectivity index (χ0n) is 12.1. The summed E-state index contributed by atoms with van der Waals surface area (Å²) in [6.07, 6.45) is 5.00. The van der Waals surface area contributed by atoms with Gasteiger partial charge in [-0.15, -0.1) is 0 Å².